The standard InChI is InChI=1S/C16H19NO3/c1-3-17(11-16(2,20)15(18)19)14-10-6-8-12-7-4-5-9-13(12)14/h4-10,20H,3,11H2,1-2H3,(H,18,19). The summed E-state index contributed by atoms with van der Waals surface area (Å²) in [4.78, 5) is 13.0. The largest absolute Gasteiger partial charge is 0.479 e. The van der Waals surface area contributed by atoms with Crippen molar-refractivity contribution in [1.29, 1.82) is 0 Å². The number of aliphatic carboxylic acids is 1. The van der Waals surface area contributed by atoms with Crippen molar-refractivity contribution in [3.05, 3.63) is 42.5 Å². The molecule has 2 aromatic rings. The number of rotatable bonds is 5. The average Bonchev–Trinajstić information content (AvgIpc) is 2.44. The summed E-state index contributed by atoms with van der Waals surface area (Å²) in [7, 11) is 0. The lowest BCUT2D eigenvalue weighted by molar-refractivity contribution is -0.155. The predicted octanol–water partition coefficient (Wildman–Crippen LogP) is 2.50. The highest BCUT2D eigenvalue weighted by Crippen LogP contribution is 2.27. The number of benzene rings is 2. The van der Waals surface area contributed by atoms with Crippen molar-refractivity contribution in [3.63, 3.8) is 0 Å². The molecule has 0 saturated heterocycles. The van der Waals surface area contributed by atoms with Crippen LogP contribution in [0, 0.1) is 0 Å². The summed E-state index contributed by atoms with van der Waals surface area (Å²) in [5.74, 6) is -1.21. The van der Waals surface area contributed by atoms with Crippen molar-refractivity contribution in [2.75, 3.05) is 18.0 Å². The number of carbonyl (C=O) groups is 1. The van der Waals surface area contributed by atoms with E-state index in [1.807, 2.05) is 54.3 Å². The number of hydrogen-bond acceptors (Lipinski definition) is 3. The minimum absolute atomic E-state index is 0.0485. The summed E-state index contributed by atoms with van der Waals surface area (Å²) in [6.45, 7) is 3.94. The van der Waals surface area contributed by atoms with Gasteiger partial charge in [-0.25, -0.2) is 4.79 Å². The summed E-state index contributed by atoms with van der Waals surface area (Å²) < 4.78 is 0. The van der Waals surface area contributed by atoms with Gasteiger partial charge in [-0.1, -0.05) is 36.4 Å². The summed E-state index contributed by atoms with van der Waals surface area (Å²) in [6.07, 6.45) is 0. The summed E-state index contributed by atoms with van der Waals surface area (Å²) in [6, 6.07) is 13.8. The van der Waals surface area contributed by atoms with Gasteiger partial charge in [0, 0.05) is 17.6 Å². The van der Waals surface area contributed by atoms with E-state index in [0.717, 1.165) is 16.5 Å². The van der Waals surface area contributed by atoms with E-state index in [2.05, 4.69) is 0 Å². The fourth-order valence-electron chi connectivity index (χ4n) is 2.29. The minimum Gasteiger partial charge on any atom is -0.479 e. The van der Waals surface area contributed by atoms with Gasteiger partial charge in [-0.2, -0.15) is 0 Å². The van der Waals surface area contributed by atoms with E-state index < -0.39 is 11.6 Å². The van der Waals surface area contributed by atoms with Crippen molar-refractivity contribution in [1.82, 2.24) is 0 Å². The quantitative estimate of drug-likeness (QED) is 0.878. The third kappa shape index (κ3) is 2.75. The van der Waals surface area contributed by atoms with Crippen LogP contribution in [0.15, 0.2) is 42.5 Å². The lowest BCUT2D eigenvalue weighted by atomic mass is 10.0. The van der Waals surface area contributed by atoms with Gasteiger partial charge in [0.15, 0.2) is 5.60 Å². The fourth-order valence-corrected chi connectivity index (χ4v) is 2.29. The normalized spacial score (nSPS) is 13.9. The molecule has 0 amide bonds. The van der Waals surface area contributed by atoms with Gasteiger partial charge in [-0.15, -0.1) is 0 Å². The Morgan fingerprint density at radius 3 is 2.50 bits per heavy atom. The van der Waals surface area contributed by atoms with Crippen LogP contribution in [-0.2, 0) is 4.79 Å². The first-order valence-corrected chi connectivity index (χ1v) is 6.64. The van der Waals surface area contributed by atoms with Gasteiger partial charge in [0.25, 0.3) is 0 Å². The SMILES string of the molecule is CCN(CC(C)(O)C(=O)O)c1cccc2ccccc12. The van der Waals surface area contributed by atoms with Crippen LogP contribution in [0.3, 0.4) is 0 Å². The van der Waals surface area contributed by atoms with Crippen LogP contribution in [0.25, 0.3) is 10.8 Å². The lowest BCUT2D eigenvalue weighted by Crippen LogP contribution is -2.47. The van der Waals surface area contributed by atoms with Crippen LogP contribution < -0.4 is 4.90 Å². The molecule has 0 heterocycles. The van der Waals surface area contributed by atoms with Crippen molar-refractivity contribution in [3.8, 4) is 0 Å². The molecule has 2 N–H and O–H groups in total. The molecule has 0 bridgehead atoms. The molecule has 0 radical (unpaired) electrons. The number of carboxylic acid groups (broad SMARTS) is 1. The molecule has 1 unspecified atom stereocenters. The second-order valence-corrected chi connectivity index (χ2v) is 5.09. The van der Waals surface area contributed by atoms with Crippen molar-refractivity contribution >= 4 is 22.4 Å². The van der Waals surface area contributed by atoms with E-state index in [0.29, 0.717) is 6.54 Å². The van der Waals surface area contributed by atoms with Gasteiger partial charge in [0.1, 0.15) is 0 Å². The molecule has 0 spiro atoms. The van der Waals surface area contributed by atoms with Crippen LogP contribution in [0.5, 0.6) is 0 Å². The average molecular weight is 273 g/mol. The Morgan fingerprint density at radius 1 is 1.20 bits per heavy atom. The molecule has 0 aromatic heterocycles. The van der Waals surface area contributed by atoms with Gasteiger partial charge in [-0.3, -0.25) is 0 Å². The van der Waals surface area contributed by atoms with Gasteiger partial charge < -0.3 is 15.1 Å². The van der Waals surface area contributed by atoms with Crippen LogP contribution in [0.2, 0.25) is 0 Å². The second kappa shape index (κ2) is 5.51. The second-order valence-electron chi connectivity index (χ2n) is 5.09. The first-order valence-electron chi connectivity index (χ1n) is 6.64. The maximum atomic E-state index is 11.1. The number of aliphatic hydroxyl groups is 1. The highest BCUT2D eigenvalue weighted by atomic mass is 16.4. The Morgan fingerprint density at radius 2 is 1.85 bits per heavy atom. The van der Waals surface area contributed by atoms with Gasteiger partial charge in [0.05, 0.1) is 6.54 Å². The van der Waals surface area contributed by atoms with Crippen molar-refractivity contribution in [2.45, 2.75) is 19.4 Å². The first kappa shape index (κ1) is 14.3. The number of fused-ring (bicyclic) bond motifs is 1. The number of nitrogens with zero attached hydrogens (tertiary/aromatic N) is 1. The highest BCUT2D eigenvalue weighted by Gasteiger charge is 2.32. The third-order valence-electron chi connectivity index (χ3n) is 3.45. The number of anilines is 1. The molecule has 0 saturated carbocycles. The van der Waals surface area contributed by atoms with E-state index >= 15 is 0 Å². The Kier molecular flexibility index (Phi) is 3.95. The fraction of sp³-hybridized carbons (Fsp3) is 0.312. The van der Waals surface area contributed by atoms with Gasteiger partial charge >= 0.3 is 5.97 Å². The Balaban J connectivity index is 2.42. The molecule has 20 heavy (non-hydrogen) atoms. The Bertz CT molecular complexity index is 617. The minimum atomic E-state index is -1.77. The Labute approximate surface area is 118 Å². The topological polar surface area (TPSA) is 60.8 Å². The van der Waals surface area contributed by atoms with E-state index in [-0.39, 0.29) is 6.54 Å². The van der Waals surface area contributed by atoms with Gasteiger partial charge in [0.2, 0.25) is 0 Å². The monoisotopic (exact) mass is 273 g/mol. The first-order chi connectivity index (χ1) is 9.45. The van der Waals surface area contributed by atoms with Crippen LogP contribution in [-0.4, -0.2) is 34.9 Å². The van der Waals surface area contributed by atoms with Crippen molar-refractivity contribution < 1.29 is 15.0 Å². The molecule has 4 nitrogen and oxygen atoms in total. The zero-order valence-corrected chi connectivity index (χ0v) is 11.7. The molecule has 4 heteroatoms. The molecular formula is C16H19NO3. The number of hydrogen-bond donors (Lipinski definition) is 2. The van der Waals surface area contributed by atoms with Crippen molar-refractivity contribution in [2.24, 2.45) is 0 Å². The highest BCUT2D eigenvalue weighted by molar-refractivity contribution is 5.94. The zero-order chi connectivity index (χ0) is 14.8. The summed E-state index contributed by atoms with van der Waals surface area (Å²) in [5, 5.41) is 21.2. The molecule has 106 valence electrons. The molecule has 0 aliphatic heterocycles. The molecule has 0 aliphatic carbocycles. The molecule has 1 atom stereocenters. The molecular weight excluding hydrogens is 254 g/mol. The maximum Gasteiger partial charge on any atom is 0.337 e. The van der Waals surface area contributed by atoms with Gasteiger partial charge in [-0.05, 0) is 25.3 Å². The van der Waals surface area contributed by atoms with E-state index in [1.165, 1.54) is 6.92 Å². The van der Waals surface area contributed by atoms with Crippen LogP contribution in [0.1, 0.15) is 13.8 Å². The maximum absolute atomic E-state index is 11.1. The van der Waals surface area contributed by atoms with Crippen LogP contribution in [0.4, 0.5) is 5.69 Å². The van der Waals surface area contributed by atoms with E-state index in [4.69, 9.17) is 5.11 Å². The lowest BCUT2D eigenvalue weighted by Gasteiger charge is -2.30. The molecule has 2 rings (SSSR count). The van der Waals surface area contributed by atoms with E-state index in [9.17, 15) is 9.90 Å². The third-order valence-corrected chi connectivity index (χ3v) is 3.45. The number of carboxylic acids is 1. The van der Waals surface area contributed by atoms with E-state index in [1.54, 1.807) is 0 Å². The molecule has 0 aliphatic rings. The summed E-state index contributed by atoms with van der Waals surface area (Å²) in [5.41, 5.74) is -0.834. The predicted molar refractivity (Wildman–Crippen MR) is 80.1 cm³/mol. The Hall–Kier alpha value is -2.07. The van der Waals surface area contributed by atoms with Crippen LogP contribution >= 0.6 is 0 Å². The molecule has 2 aromatic carbocycles. The smallest absolute Gasteiger partial charge is 0.337 e. The molecule has 0 fully saturated rings. The summed E-state index contributed by atoms with van der Waals surface area (Å²) >= 11 is 0. The number of likely N-dealkylation sites (N-methyl/N-ethyl adjacent to an activating group) is 1. The zero-order valence-electron chi connectivity index (χ0n) is 11.7.